The molecule has 0 radical (unpaired) electrons. The molecular formula is C23H20ClN3O2. The maximum atomic E-state index is 13.0. The highest BCUT2D eigenvalue weighted by Gasteiger charge is 2.40. The van der Waals surface area contributed by atoms with Gasteiger partial charge in [-0.05, 0) is 54.8 Å². The van der Waals surface area contributed by atoms with Gasteiger partial charge in [0.05, 0.1) is 24.7 Å². The second-order valence-corrected chi connectivity index (χ2v) is 7.50. The number of carbonyl (C=O) groups is 1. The van der Waals surface area contributed by atoms with Crippen molar-refractivity contribution in [3.05, 3.63) is 81.8 Å². The smallest absolute Gasteiger partial charge is 0.161 e. The van der Waals surface area contributed by atoms with Gasteiger partial charge >= 0.3 is 0 Å². The minimum absolute atomic E-state index is 0.0614. The number of carbonyl (C=O) groups excluding carboxylic acids is 1. The van der Waals surface area contributed by atoms with Crippen LogP contribution in [0.3, 0.4) is 0 Å². The zero-order chi connectivity index (χ0) is 20.5. The third kappa shape index (κ3) is 3.26. The molecule has 0 unspecified atom stereocenters. The molecule has 1 heterocycles. The summed E-state index contributed by atoms with van der Waals surface area (Å²) in [5, 5.41) is 10.6. The molecule has 0 fully saturated rings. The van der Waals surface area contributed by atoms with Gasteiger partial charge in [0.15, 0.2) is 5.78 Å². The van der Waals surface area contributed by atoms with Gasteiger partial charge in [-0.15, -0.1) is 0 Å². The molecule has 1 atom stereocenters. The van der Waals surface area contributed by atoms with Gasteiger partial charge in [-0.25, -0.2) is 0 Å². The Bertz CT molecular complexity index is 1060. The van der Waals surface area contributed by atoms with E-state index in [0.717, 1.165) is 29.8 Å². The Morgan fingerprint density at radius 1 is 1.14 bits per heavy atom. The molecule has 4 rings (SSSR count). The van der Waals surface area contributed by atoms with Crippen molar-refractivity contribution < 1.29 is 9.53 Å². The van der Waals surface area contributed by atoms with Crippen molar-refractivity contribution in [3.63, 3.8) is 0 Å². The number of rotatable bonds is 3. The number of anilines is 1. The van der Waals surface area contributed by atoms with E-state index in [-0.39, 0.29) is 5.78 Å². The Hall–Kier alpha value is -3.23. The van der Waals surface area contributed by atoms with Crippen molar-refractivity contribution in [2.24, 2.45) is 5.73 Å². The molecule has 5 nitrogen and oxygen atoms in total. The highest BCUT2D eigenvalue weighted by atomic mass is 35.5. The quantitative estimate of drug-likeness (QED) is 0.803. The topological polar surface area (TPSA) is 79.3 Å². The number of methoxy groups -OCH3 is 1. The van der Waals surface area contributed by atoms with E-state index in [2.05, 4.69) is 6.07 Å². The molecule has 146 valence electrons. The maximum Gasteiger partial charge on any atom is 0.161 e. The fraction of sp³-hybridized carbons (Fsp3) is 0.217. The number of allylic oxidation sites excluding steroid dienone is 3. The zero-order valence-electron chi connectivity index (χ0n) is 16.0. The Balaban J connectivity index is 1.92. The van der Waals surface area contributed by atoms with Crippen LogP contribution in [-0.4, -0.2) is 12.9 Å². The number of benzene rings is 2. The second-order valence-electron chi connectivity index (χ2n) is 7.07. The van der Waals surface area contributed by atoms with Gasteiger partial charge in [-0.2, -0.15) is 5.26 Å². The summed E-state index contributed by atoms with van der Waals surface area (Å²) < 4.78 is 5.24. The molecule has 2 aromatic carbocycles. The van der Waals surface area contributed by atoms with Crippen LogP contribution in [0.15, 0.2) is 71.2 Å². The van der Waals surface area contributed by atoms with Gasteiger partial charge in [0.1, 0.15) is 11.6 Å². The van der Waals surface area contributed by atoms with Crippen LogP contribution in [0, 0.1) is 11.3 Å². The van der Waals surface area contributed by atoms with Crippen molar-refractivity contribution in [2.45, 2.75) is 25.2 Å². The van der Waals surface area contributed by atoms with Crippen molar-refractivity contribution in [3.8, 4) is 11.8 Å². The predicted molar refractivity (Wildman–Crippen MR) is 112 cm³/mol. The Morgan fingerprint density at radius 2 is 1.83 bits per heavy atom. The lowest BCUT2D eigenvalue weighted by Crippen LogP contribution is -2.38. The average Bonchev–Trinajstić information content (AvgIpc) is 2.74. The van der Waals surface area contributed by atoms with Gasteiger partial charge in [0.2, 0.25) is 0 Å². The number of ether oxygens (including phenoxy) is 1. The first-order valence-corrected chi connectivity index (χ1v) is 9.78. The van der Waals surface area contributed by atoms with Gasteiger partial charge < -0.3 is 10.5 Å². The molecule has 2 aliphatic rings. The maximum absolute atomic E-state index is 13.0. The summed E-state index contributed by atoms with van der Waals surface area (Å²) in [5.41, 5.74) is 10.0. The third-order valence-electron chi connectivity index (χ3n) is 5.45. The van der Waals surface area contributed by atoms with Gasteiger partial charge in [0, 0.05) is 28.4 Å². The number of hydrogen-bond acceptors (Lipinski definition) is 5. The molecule has 0 bridgehead atoms. The summed E-state index contributed by atoms with van der Waals surface area (Å²) in [6, 6.07) is 17.0. The van der Waals surface area contributed by atoms with Crippen LogP contribution < -0.4 is 15.4 Å². The Kier molecular flexibility index (Phi) is 5.04. The fourth-order valence-electron chi connectivity index (χ4n) is 4.10. The van der Waals surface area contributed by atoms with Crippen LogP contribution in [0.2, 0.25) is 5.02 Å². The van der Waals surface area contributed by atoms with E-state index in [9.17, 15) is 10.1 Å². The second kappa shape index (κ2) is 7.65. The monoisotopic (exact) mass is 405 g/mol. The SMILES string of the molecule is COc1ccc([C@@H]2C(C#N)=C(N)N(c3ccc(Cl)cc3)C3=C2C(=O)CCC3)cc1. The van der Waals surface area contributed by atoms with Crippen LogP contribution in [0.4, 0.5) is 5.69 Å². The number of nitrogens with two attached hydrogens (primary N) is 1. The predicted octanol–water partition coefficient (Wildman–Crippen LogP) is 4.65. The summed E-state index contributed by atoms with van der Waals surface area (Å²) in [4.78, 5) is 14.9. The number of nitriles is 1. The third-order valence-corrected chi connectivity index (χ3v) is 5.70. The van der Waals surface area contributed by atoms with Crippen LogP contribution >= 0.6 is 11.6 Å². The summed E-state index contributed by atoms with van der Waals surface area (Å²) >= 11 is 6.04. The molecule has 0 saturated carbocycles. The standard InChI is InChI=1S/C23H20ClN3O2/c1-29-17-11-5-14(6-12-17)21-18(13-25)23(26)27(16-9-7-15(24)8-10-16)19-3-2-4-20(28)22(19)21/h5-12,21H,2-4,26H2,1H3/t21-/m1/s1. The number of ketones is 1. The van der Waals surface area contributed by atoms with Crippen LogP contribution in [0.5, 0.6) is 5.75 Å². The number of Topliss-reactive ketones (excluding diaryl/α,β-unsaturated/α-hetero) is 1. The molecule has 2 aromatic rings. The lowest BCUT2D eigenvalue weighted by Gasteiger charge is -2.39. The molecule has 0 spiro atoms. The number of nitrogens with zero attached hydrogens (tertiary/aromatic N) is 2. The van der Waals surface area contributed by atoms with Gasteiger partial charge in [0.25, 0.3) is 0 Å². The normalized spacial score (nSPS) is 19.1. The van der Waals surface area contributed by atoms with E-state index in [4.69, 9.17) is 22.1 Å². The van der Waals surface area contributed by atoms with E-state index in [0.29, 0.717) is 34.2 Å². The van der Waals surface area contributed by atoms with Crippen LogP contribution in [0.25, 0.3) is 0 Å². The highest BCUT2D eigenvalue weighted by Crippen LogP contribution is 2.46. The van der Waals surface area contributed by atoms with Crippen molar-refractivity contribution in [2.75, 3.05) is 12.0 Å². The zero-order valence-corrected chi connectivity index (χ0v) is 16.7. The summed E-state index contributed by atoms with van der Waals surface area (Å²) in [6.45, 7) is 0. The molecule has 6 heteroatoms. The van der Waals surface area contributed by atoms with E-state index in [1.165, 1.54) is 0 Å². The lowest BCUT2D eigenvalue weighted by molar-refractivity contribution is -0.116. The van der Waals surface area contributed by atoms with E-state index < -0.39 is 5.92 Å². The van der Waals surface area contributed by atoms with Crippen LogP contribution in [0.1, 0.15) is 30.7 Å². The lowest BCUT2D eigenvalue weighted by atomic mass is 9.75. The van der Waals surface area contributed by atoms with E-state index in [1.807, 2.05) is 41.3 Å². The first kappa shape index (κ1) is 19.1. The number of hydrogen-bond donors (Lipinski definition) is 1. The largest absolute Gasteiger partial charge is 0.497 e. The minimum atomic E-state index is -0.475. The van der Waals surface area contributed by atoms with Gasteiger partial charge in [-0.3, -0.25) is 9.69 Å². The van der Waals surface area contributed by atoms with Crippen molar-refractivity contribution in [1.82, 2.24) is 0 Å². The number of halogens is 1. The van der Waals surface area contributed by atoms with E-state index >= 15 is 0 Å². The Labute approximate surface area is 174 Å². The molecule has 1 aliphatic heterocycles. The minimum Gasteiger partial charge on any atom is -0.497 e. The first-order valence-electron chi connectivity index (χ1n) is 9.40. The summed E-state index contributed by atoms with van der Waals surface area (Å²) in [5.74, 6) is 0.652. The summed E-state index contributed by atoms with van der Waals surface area (Å²) in [6.07, 6.45) is 1.95. The highest BCUT2D eigenvalue weighted by molar-refractivity contribution is 6.30. The molecule has 2 N–H and O–H groups in total. The molecule has 0 saturated heterocycles. The van der Waals surface area contributed by atoms with Crippen LogP contribution in [-0.2, 0) is 4.79 Å². The first-order chi connectivity index (χ1) is 14.0. The molecule has 29 heavy (non-hydrogen) atoms. The van der Waals surface area contributed by atoms with E-state index in [1.54, 1.807) is 19.2 Å². The average molecular weight is 406 g/mol. The van der Waals surface area contributed by atoms with Gasteiger partial charge in [-0.1, -0.05) is 23.7 Å². The molecule has 1 aliphatic carbocycles. The molecule has 0 aromatic heterocycles. The molecule has 0 amide bonds. The van der Waals surface area contributed by atoms with Crippen molar-refractivity contribution in [1.29, 1.82) is 5.26 Å². The Morgan fingerprint density at radius 3 is 2.45 bits per heavy atom. The molecular weight excluding hydrogens is 386 g/mol. The fourth-order valence-corrected chi connectivity index (χ4v) is 4.23. The summed E-state index contributed by atoms with van der Waals surface area (Å²) in [7, 11) is 1.60. The van der Waals surface area contributed by atoms with Crippen molar-refractivity contribution >= 4 is 23.1 Å².